The highest BCUT2D eigenvalue weighted by molar-refractivity contribution is 6.74. The molecule has 4 nitrogen and oxygen atoms in total. The molecular weight excluding hydrogens is 416 g/mol. The van der Waals surface area contributed by atoms with Gasteiger partial charge >= 0.3 is 5.97 Å². The van der Waals surface area contributed by atoms with Gasteiger partial charge in [-0.1, -0.05) is 91.2 Å². The van der Waals surface area contributed by atoms with Crippen molar-refractivity contribution in [1.29, 1.82) is 0 Å². The Kier molecular flexibility index (Phi) is 18.4. The molecule has 32 heavy (non-hydrogen) atoms. The monoisotopic (exact) mass is 470 g/mol. The second-order valence-electron chi connectivity index (χ2n) is 10.7. The van der Waals surface area contributed by atoms with E-state index in [9.17, 15) is 9.90 Å². The summed E-state index contributed by atoms with van der Waals surface area (Å²) in [5, 5.41) is 9.65. The summed E-state index contributed by atoms with van der Waals surface area (Å²) in [5.74, 6) is -0.181. The van der Waals surface area contributed by atoms with E-state index in [0.717, 1.165) is 12.8 Å². The quantitative estimate of drug-likeness (QED) is 0.0848. The molecule has 0 aliphatic carbocycles. The van der Waals surface area contributed by atoms with Gasteiger partial charge in [-0.2, -0.15) is 0 Å². The zero-order chi connectivity index (χ0) is 24.3. The number of carbonyl (C=O) groups excluding carboxylic acids is 1. The molecule has 0 spiro atoms. The van der Waals surface area contributed by atoms with Gasteiger partial charge in [-0.3, -0.25) is 4.79 Å². The van der Waals surface area contributed by atoms with Gasteiger partial charge in [0, 0.05) is 6.42 Å². The first-order chi connectivity index (χ1) is 15.1. The SMILES string of the molecule is CCCCCCCC/C=C\CCCCCCCC(=O)OCC(CO)O[Si](C)(C)C(C)(C)C. The molecule has 0 saturated carbocycles. The van der Waals surface area contributed by atoms with Crippen LogP contribution in [-0.2, 0) is 14.0 Å². The zero-order valence-electron chi connectivity index (χ0n) is 22.2. The standard InChI is InChI=1S/C27H54O4Si/c1-7-8-9-10-11-12-13-14-15-16-17-18-19-20-21-22-26(29)30-24-25(23-28)31-32(5,6)27(2,3)4/h14-15,25,28H,7-13,16-24H2,1-6H3/b15-14-. The number of esters is 1. The first-order valence-corrected chi connectivity index (χ1v) is 16.1. The van der Waals surface area contributed by atoms with Crippen LogP contribution in [0.2, 0.25) is 18.1 Å². The molecule has 0 saturated heterocycles. The number of ether oxygens (including phenoxy) is 1. The molecule has 0 aliphatic heterocycles. The second kappa shape index (κ2) is 18.7. The van der Waals surface area contributed by atoms with Crippen molar-refractivity contribution in [2.45, 2.75) is 142 Å². The van der Waals surface area contributed by atoms with E-state index in [0.29, 0.717) is 6.42 Å². The van der Waals surface area contributed by atoms with Crippen molar-refractivity contribution in [1.82, 2.24) is 0 Å². The summed E-state index contributed by atoms with van der Waals surface area (Å²) >= 11 is 0. The molecule has 190 valence electrons. The molecule has 5 heteroatoms. The number of rotatable bonds is 20. The van der Waals surface area contributed by atoms with E-state index in [2.05, 4.69) is 52.9 Å². The Balaban J connectivity index is 3.66. The van der Waals surface area contributed by atoms with Gasteiger partial charge in [0.1, 0.15) is 12.7 Å². The average Bonchev–Trinajstić information content (AvgIpc) is 2.73. The summed E-state index contributed by atoms with van der Waals surface area (Å²) < 4.78 is 11.5. The Labute approximate surface area is 200 Å². The van der Waals surface area contributed by atoms with E-state index in [1.165, 1.54) is 70.6 Å². The molecule has 1 unspecified atom stereocenters. The fraction of sp³-hybridized carbons (Fsp3) is 0.889. The minimum atomic E-state index is -1.98. The third-order valence-electron chi connectivity index (χ3n) is 6.54. The minimum Gasteiger partial charge on any atom is -0.463 e. The molecule has 0 fully saturated rings. The van der Waals surface area contributed by atoms with Crippen LogP contribution in [0.3, 0.4) is 0 Å². The van der Waals surface area contributed by atoms with Crippen molar-refractivity contribution in [2.75, 3.05) is 13.2 Å². The van der Waals surface area contributed by atoms with Gasteiger partial charge in [0.05, 0.1) is 6.61 Å². The number of aliphatic hydroxyl groups excluding tert-OH is 1. The molecular formula is C27H54O4Si. The maximum absolute atomic E-state index is 12.0. The first-order valence-electron chi connectivity index (χ1n) is 13.2. The summed E-state index contributed by atoms with van der Waals surface area (Å²) in [4.78, 5) is 12.0. The van der Waals surface area contributed by atoms with Gasteiger partial charge < -0.3 is 14.3 Å². The van der Waals surface area contributed by atoms with Crippen LogP contribution in [-0.4, -0.2) is 38.7 Å². The molecule has 0 amide bonds. The normalized spacial score (nSPS) is 13.6. The molecule has 0 aromatic rings. The smallest absolute Gasteiger partial charge is 0.305 e. The summed E-state index contributed by atoms with van der Waals surface area (Å²) in [7, 11) is -1.98. The van der Waals surface area contributed by atoms with Crippen molar-refractivity contribution in [3.63, 3.8) is 0 Å². The topological polar surface area (TPSA) is 55.8 Å². The summed E-state index contributed by atoms with van der Waals surface area (Å²) in [6.45, 7) is 13.1. The number of hydrogen-bond acceptors (Lipinski definition) is 4. The largest absolute Gasteiger partial charge is 0.463 e. The molecule has 0 heterocycles. The van der Waals surface area contributed by atoms with Gasteiger partial charge in [-0.05, 0) is 50.2 Å². The van der Waals surface area contributed by atoms with E-state index in [4.69, 9.17) is 9.16 Å². The molecule has 0 radical (unpaired) electrons. The molecule has 1 N–H and O–H groups in total. The van der Waals surface area contributed by atoms with E-state index >= 15 is 0 Å². The van der Waals surface area contributed by atoms with Crippen molar-refractivity contribution in [3.05, 3.63) is 12.2 Å². The molecule has 0 bridgehead atoms. The van der Waals surface area contributed by atoms with Crippen molar-refractivity contribution in [2.24, 2.45) is 0 Å². The number of carbonyl (C=O) groups is 1. The molecule has 0 aliphatic rings. The van der Waals surface area contributed by atoms with Gasteiger partial charge in [0.2, 0.25) is 0 Å². The third kappa shape index (κ3) is 16.9. The number of aliphatic hydroxyl groups is 1. The minimum absolute atomic E-state index is 0.0636. The fourth-order valence-corrected chi connectivity index (χ4v) is 4.65. The zero-order valence-corrected chi connectivity index (χ0v) is 23.2. The highest BCUT2D eigenvalue weighted by Crippen LogP contribution is 2.37. The van der Waals surface area contributed by atoms with Crippen molar-refractivity contribution < 1.29 is 19.1 Å². The molecule has 1 atom stereocenters. The number of allylic oxidation sites excluding steroid dienone is 2. The Morgan fingerprint density at radius 3 is 1.88 bits per heavy atom. The van der Waals surface area contributed by atoms with Crippen LogP contribution in [0.4, 0.5) is 0 Å². The fourth-order valence-electron chi connectivity index (χ4n) is 3.32. The Hall–Kier alpha value is -0.653. The summed E-state index contributed by atoms with van der Waals surface area (Å²) in [5.41, 5.74) is 0. The van der Waals surface area contributed by atoms with Crippen LogP contribution in [0.5, 0.6) is 0 Å². The lowest BCUT2D eigenvalue weighted by molar-refractivity contribution is -0.147. The van der Waals surface area contributed by atoms with Crippen LogP contribution in [0.25, 0.3) is 0 Å². The van der Waals surface area contributed by atoms with E-state index in [1.54, 1.807) is 0 Å². The van der Waals surface area contributed by atoms with Gasteiger partial charge in [-0.25, -0.2) is 0 Å². The number of unbranched alkanes of at least 4 members (excludes halogenated alkanes) is 11. The predicted octanol–water partition coefficient (Wildman–Crippen LogP) is 7.95. The lowest BCUT2D eigenvalue weighted by Gasteiger charge is -2.38. The van der Waals surface area contributed by atoms with E-state index in [-0.39, 0.29) is 24.2 Å². The van der Waals surface area contributed by atoms with Crippen molar-refractivity contribution >= 4 is 14.3 Å². The van der Waals surface area contributed by atoms with Crippen LogP contribution >= 0.6 is 0 Å². The highest BCUT2D eigenvalue weighted by Gasteiger charge is 2.39. The maximum Gasteiger partial charge on any atom is 0.305 e. The molecule has 0 rings (SSSR count). The second-order valence-corrected chi connectivity index (χ2v) is 15.5. The van der Waals surface area contributed by atoms with Gasteiger partial charge in [0.15, 0.2) is 8.32 Å². The van der Waals surface area contributed by atoms with Crippen LogP contribution in [0, 0.1) is 0 Å². The van der Waals surface area contributed by atoms with E-state index in [1.807, 2.05) is 0 Å². The number of hydrogen-bond donors (Lipinski definition) is 1. The Bertz CT molecular complexity index is 483. The van der Waals surface area contributed by atoms with Crippen LogP contribution in [0.15, 0.2) is 12.2 Å². The third-order valence-corrected chi connectivity index (χ3v) is 11.1. The highest BCUT2D eigenvalue weighted by atomic mass is 28.4. The van der Waals surface area contributed by atoms with Crippen LogP contribution in [0.1, 0.15) is 118 Å². The van der Waals surface area contributed by atoms with Gasteiger partial charge in [0.25, 0.3) is 0 Å². The average molecular weight is 471 g/mol. The van der Waals surface area contributed by atoms with Crippen molar-refractivity contribution in [3.8, 4) is 0 Å². The summed E-state index contributed by atoms with van der Waals surface area (Å²) in [6.07, 6.45) is 20.9. The summed E-state index contributed by atoms with van der Waals surface area (Å²) in [6, 6.07) is 0. The van der Waals surface area contributed by atoms with Crippen LogP contribution < -0.4 is 0 Å². The lowest BCUT2D eigenvalue weighted by atomic mass is 10.1. The van der Waals surface area contributed by atoms with E-state index < -0.39 is 14.4 Å². The molecule has 0 aromatic carbocycles. The predicted molar refractivity (Wildman–Crippen MR) is 140 cm³/mol. The lowest BCUT2D eigenvalue weighted by Crippen LogP contribution is -2.46. The first kappa shape index (κ1) is 31.3. The van der Waals surface area contributed by atoms with Gasteiger partial charge in [-0.15, -0.1) is 0 Å². The Morgan fingerprint density at radius 1 is 0.875 bits per heavy atom. The maximum atomic E-state index is 12.0. The Morgan fingerprint density at radius 2 is 1.38 bits per heavy atom. The molecule has 0 aromatic heterocycles.